The number of imidazole rings is 1. The number of hydrogen-bond donors (Lipinski definition) is 2. The largest absolute Gasteiger partial charge is 0.458 e. The van der Waals surface area contributed by atoms with E-state index in [1.165, 1.54) is 6.92 Å². The number of alkyl carbamates (subject to hydrolysis) is 1. The van der Waals surface area contributed by atoms with Crippen LogP contribution in [0.2, 0.25) is 5.15 Å². The number of benzene rings is 2. The number of rotatable bonds is 11. The summed E-state index contributed by atoms with van der Waals surface area (Å²) in [6, 6.07) is 15.2. The van der Waals surface area contributed by atoms with Crippen LogP contribution in [0.4, 0.5) is 4.79 Å². The van der Waals surface area contributed by atoms with Crippen molar-refractivity contribution >= 4 is 23.7 Å². The minimum atomic E-state index is -0.905. The molecule has 2 aromatic carbocycles. The first-order valence-corrected chi connectivity index (χ1v) is 14.3. The third kappa shape index (κ3) is 7.94. The molecular weight excluding hydrogens is 558 g/mol. The van der Waals surface area contributed by atoms with Gasteiger partial charge in [0.2, 0.25) is 5.82 Å². The van der Waals surface area contributed by atoms with Crippen molar-refractivity contribution < 1.29 is 19.1 Å². The Balaban J connectivity index is 1.51. The Labute approximate surface area is 250 Å². The van der Waals surface area contributed by atoms with Crippen LogP contribution in [0.5, 0.6) is 0 Å². The molecule has 1 unspecified atom stereocenters. The van der Waals surface area contributed by atoms with Crippen LogP contribution in [-0.4, -0.2) is 53.9 Å². The van der Waals surface area contributed by atoms with Crippen LogP contribution in [0, 0.1) is 0 Å². The van der Waals surface area contributed by atoms with E-state index in [1.807, 2.05) is 53.1 Å². The zero-order valence-corrected chi connectivity index (χ0v) is 25.2. The van der Waals surface area contributed by atoms with Gasteiger partial charge in [-0.15, -0.1) is 10.2 Å². The molecule has 0 saturated carbocycles. The second-order valence-corrected chi connectivity index (χ2v) is 11.3. The Morgan fingerprint density at radius 2 is 1.81 bits per heavy atom. The summed E-state index contributed by atoms with van der Waals surface area (Å²) in [7, 11) is 0. The highest BCUT2D eigenvalue weighted by Crippen LogP contribution is 2.30. The summed E-state index contributed by atoms with van der Waals surface area (Å²) < 4.78 is 12.8. The fraction of sp³-hybridized carbons (Fsp3) is 0.400. The Kier molecular flexibility index (Phi) is 9.95. The predicted octanol–water partition coefficient (Wildman–Crippen LogP) is 5.73. The van der Waals surface area contributed by atoms with Crippen molar-refractivity contribution in [3.63, 3.8) is 0 Å². The number of carbonyl (C=O) groups excluding carboxylic acids is 2. The van der Waals surface area contributed by atoms with Crippen LogP contribution in [0.25, 0.3) is 22.5 Å². The van der Waals surface area contributed by atoms with Crippen molar-refractivity contribution in [2.75, 3.05) is 0 Å². The van der Waals surface area contributed by atoms with E-state index in [-0.39, 0.29) is 11.8 Å². The normalized spacial score (nSPS) is 12.1. The van der Waals surface area contributed by atoms with Crippen molar-refractivity contribution in [1.29, 1.82) is 0 Å². The first-order valence-electron chi connectivity index (χ1n) is 13.9. The number of carbonyl (C=O) groups is 2. The van der Waals surface area contributed by atoms with Gasteiger partial charge in [-0.25, -0.2) is 14.6 Å². The highest BCUT2D eigenvalue weighted by atomic mass is 35.5. The van der Waals surface area contributed by atoms with Crippen LogP contribution in [0.3, 0.4) is 0 Å². The summed E-state index contributed by atoms with van der Waals surface area (Å²) in [6.07, 6.45) is 1.98. The van der Waals surface area contributed by atoms with Crippen molar-refractivity contribution in [1.82, 2.24) is 35.5 Å². The first-order chi connectivity index (χ1) is 20.1. The lowest BCUT2D eigenvalue weighted by atomic mass is 9.98. The first kappa shape index (κ1) is 30.7. The molecule has 0 bridgehead atoms. The molecule has 0 spiro atoms. The topological polar surface area (TPSA) is 137 Å². The molecule has 0 aliphatic heterocycles. The molecule has 0 radical (unpaired) electrons. The molecule has 0 aliphatic rings. The third-order valence-corrected chi connectivity index (χ3v) is 6.72. The minimum Gasteiger partial charge on any atom is -0.458 e. The van der Waals surface area contributed by atoms with Crippen molar-refractivity contribution in [3.05, 3.63) is 70.8 Å². The van der Waals surface area contributed by atoms with E-state index in [2.05, 4.69) is 37.8 Å². The molecule has 222 valence electrons. The highest BCUT2D eigenvalue weighted by molar-refractivity contribution is 6.30. The summed E-state index contributed by atoms with van der Waals surface area (Å²) >= 11 is 6.55. The molecule has 1 amide bonds. The second-order valence-electron chi connectivity index (χ2n) is 10.9. The molecule has 0 aliphatic carbocycles. The van der Waals surface area contributed by atoms with Gasteiger partial charge in [0.1, 0.15) is 24.1 Å². The Hall–Kier alpha value is -4.25. The number of aromatic amines is 1. The predicted molar refractivity (Wildman–Crippen MR) is 159 cm³/mol. The Morgan fingerprint density at radius 3 is 2.45 bits per heavy atom. The van der Waals surface area contributed by atoms with Gasteiger partial charge in [-0.3, -0.25) is 0 Å². The van der Waals surface area contributed by atoms with E-state index in [1.54, 1.807) is 20.8 Å². The lowest BCUT2D eigenvalue weighted by Gasteiger charge is -2.21. The van der Waals surface area contributed by atoms with E-state index < -0.39 is 23.7 Å². The SMILES string of the molecule is CCCCc1nc(Cl)c(COC(=O)C(C)NC(=O)OC(C)(C)C)n1Cc1ccc(-c2ccccc2-c2nn[nH]n2)cc1. The van der Waals surface area contributed by atoms with Crippen LogP contribution in [0.15, 0.2) is 48.5 Å². The molecule has 0 saturated heterocycles. The van der Waals surface area contributed by atoms with Gasteiger partial charge < -0.3 is 19.4 Å². The van der Waals surface area contributed by atoms with E-state index in [0.29, 0.717) is 18.1 Å². The van der Waals surface area contributed by atoms with Gasteiger partial charge in [0.25, 0.3) is 0 Å². The number of hydrogen-bond acceptors (Lipinski definition) is 8. The van der Waals surface area contributed by atoms with Crippen LogP contribution >= 0.6 is 11.6 Å². The van der Waals surface area contributed by atoms with Gasteiger partial charge in [0, 0.05) is 18.5 Å². The molecule has 2 aromatic heterocycles. The third-order valence-electron chi connectivity index (χ3n) is 6.41. The molecule has 1 atom stereocenters. The number of unbranched alkanes of at least 4 members (excludes halogenated alkanes) is 1. The Bertz CT molecular complexity index is 1500. The number of aryl methyl sites for hydroxylation is 1. The van der Waals surface area contributed by atoms with Gasteiger partial charge in [-0.2, -0.15) is 5.21 Å². The summed E-state index contributed by atoms with van der Waals surface area (Å²) in [5.74, 6) is 0.738. The van der Waals surface area contributed by atoms with Gasteiger partial charge >= 0.3 is 12.1 Å². The van der Waals surface area contributed by atoms with Crippen LogP contribution in [-0.2, 0) is 33.8 Å². The maximum absolute atomic E-state index is 12.7. The minimum absolute atomic E-state index is 0.0900. The highest BCUT2D eigenvalue weighted by Gasteiger charge is 2.24. The fourth-order valence-corrected chi connectivity index (χ4v) is 4.60. The van der Waals surface area contributed by atoms with E-state index in [4.69, 9.17) is 21.1 Å². The van der Waals surface area contributed by atoms with Gasteiger partial charge in [-0.05, 0) is 56.0 Å². The van der Waals surface area contributed by atoms with Crippen LogP contribution < -0.4 is 5.32 Å². The number of tetrazole rings is 1. The van der Waals surface area contributed by atoms with Gasteiger partial charge in [0.15, 0.2) is 5.15 Å². The van der Waals surface area contributed by atoms with E-state index in [0.717, 1.165) is 47.3 Å². The smallest absolute Gasteiger partial charge is 0.408 e. The summed E-state index contributed by atoms with van der Waals surface area (Å²) in [5, 5.41) is 17.2. The van der Waals surface area contributed by atoms with Crippen molar-refractivity contribution in [2.24, 2.45) is 0 Å². The summed E-state index contributed by atoms with van der Waals surface area (Å²) in [6.45, 7) is 9.29. The van der Waals surface area contributed by atoms with Gasteiger partial charge in [0.05, 0.1) is 5.69 Å². The summed E-state index contributed by atoms with van der Waals surface area (Å²) in [4.78, 5) is 29.3. The molecule has 2 N–H and O–H groups in total. The zero-order chi connectivity index (χ0) is 30.3. The van der Waals surface area contributed by atoms with E-state index in [9.17, 15) is 9.59 Å². The number of ether oxygens (including phenoxy) is 2. The molecule has 42 heavy (non-hydrogen) atoms. The maximum atomic E-state index is 12.7. The number of nitrogens with zero attached hydrogens (tertiary/aromatic N) is 5. The molecular formula is C30H36ClN7O4. The number of aromatic nitrogens is 6. The average Bonchev–Trinajstić information content (AvgIpc) is 3.58. The molecule has 2 heterocycles. The molecule has 12 heteroatoms. The molecule has 0 fully saturated rings. The monoisotopic (exact) mass is 593 g/mol. The standard InChI is InChI=1S/C30H36ClN7O4/c1-6-7-12-25-33-26(31)24(18-41-28(39)19(2)32-29(40)42-30(3,4)5)38(25)17-20-13-15-21(16-14-20)22-10-8-9-11-23(22)27-34-36-37-35-27/h8-11,13-16,19H,6-7,12,17-18H2,1-5H3,(H,32,40)(H,34,35,36,37). The number of H-pyrrole nitrogens is 1. The number of amides is 1. The van der Waals surface area contributed by atoms with Gasteiger partial charge in [-0.1, -0.05) is 73.5 Å². The summed E-state index contributed by atoms with van der Waals surface area (Å²) in [5.41, 5.74) is 3.80. The van der Waals surface area contributed by atoms with Crippen molar-refractivity contribution in [2.45, 2.75) is 78.7 Å². The number of nitrogens with one attached hydrogen (secondary N) is 2. The maximum Gasteiger partial charge on any atom is 0.408 e. The van der Waals surface area contributed by atoms with Crippen molar-refractivity contribution in [3.8, 4) is 22.5 Å². The zero-order valence-electron chi connectivity index (χ0n) is 24.5. The lowest BCUT2D eigenvalue weighted by Crippen LogP contribution is -2.42. The average molecular weight is 594 g/mol. The lowest BCUT2D eigenvalue weighted by molar-refractivity contribution is -0.147. The van der Waals surface area contributed by atoms with Crippen LogP contribution in [0.1, 0.15) is 64.5 Å². The second kappa shape index (κ2) is 13.6. The number of halogens is 1. The quantitative estimate of drug-likeness (QED) is 0.210. The van der Waals surface area contributed by atoms with E-state index >= 15 is 0 Å². The molecule has 4 rings (SSSR count). The fourth-order valence-electron chi connectivity index (χ4n) is 4.34. The Morgan fingerprint density at radius 1 is 1.10 bits per heavy atom. The molecule has 11 nitrogen and oxygen atoms in total. The molecule has 4 aromatic rings. The number of esters is 1.